The van der Waals surface area contributed by atoms with Crippen molar-refractivity contribution in [2.45, 2.75) is 33.5 Å². The summed E-state index contributed by atoms with van der Waals surface area (Å²) in [4.78, 5) is 14.2. The third-order valence-corrected chi connectivity index (χ3v) is 4.24. The average molecular weight is 323 g/mol. The van der Waals surface area contributed by atoms with Crippen LogP contribution < -0.4 is 10.6 Å². The summed E-state index contributed by atoms with van der Waals surface area (Å²) in [6, 6.07) is 16.6. The number of nitrogens with zero attached hydrogens (tertiary/aromatic N) is 1. The molecule has 2 amide bonds. The van der Waals surface area contributed by atoms with E-state index in [0.29, 0.717) is 25.6 Å². The van der Waals surface area contributed by atoms with E-state index < -0.39 is 0 Å². The van der Waals surface area contributed by atoms with Gasteiger partial charge in [0.25, 0.3) is 0 Å². The van der Waals surface area contributed by atoms with E-state index in [1.807, 2.05) is 17.0 Å². The number of anilines is 1. The molecule has 0 aliphatic carbocycles. The quantitative estimate of drug-likeness (QED) is 0.874. The zero-order chi connectivity index (χ0) is 16.9. The maximum Gasteiger partial charge on any atom is 0.318 e. The van der Waals surface area contributed by atoms with E-state index in [4.69, 9.17) is 0 Å². The highest BCUT2D eigenvalue weighted by Gasteiger charge is 2.19. The number of fused-ring (bicyclic) bond motifs is 1. The first-order valence-electron chi connectivity index (χ1n) is 8.54. The highest BCUT2D eigenvalue weighted by Crippen LogP contribution is 2.18. The third-order valence-electron chi connectivity index (χ3n) is 4.24. The second kappa shape index (κ2) is 7.39. The molecule has 0 saturated heterocycles. The van der Waals surface area contributed by atoms with Gasteiger partial charge in [0, 0.05) is 31.9 Å². The molecule has 1 aliphatic rings. The van der Waals surface area contributed by atoms with Crippen LogP contribution in [-0.2, 0) is 19.6 Å². The van der Waals surface area contributed by atoms with Crippen molar-refractivity contribution in [1.29, 1.82) is 0 Å². The Labute approximate surface area is 143 Å². The van der Waals surface area contributed by atoms with Gasteiger partial charge in [-0.05, 0) is 34.7 Å². The second-order valence-electron chi connectivity index (χ2n) is 6.76. The van der Waals surface area contributed by atoms with Crippen LogP contribution in [-0.4, -0.2) is 17.5 Å². The first-order chi connectivity index (χ1) is 11.6. The molecule has 0 radical (unpaired) electrons. The Morgan fingerprint density at radius 3 is 2.50 bits per heavy atom. The van der Waals surface area contributed by atoms with Crippen molar-refractivity contribution in [2.75, 3.05) is 11.9 Å². The van der Waals surface area contributed by atoms with E-state index >= 15 is 0 Å². The van der Waals surface area contributed by atoms with Crippen molar-refractivity contribution >= 4 is 11.7 Å². The molecule has 0 fully saturated rings. The van der Waals surface area contributed by atoms with E-state index in [1.165, 1.54) is 11.1 Å². The van der Waals surface area contributed by atoms with Gasteiger partial charge in [0.05, 0.1) is 0 Å². The lowest BCUT2D eigenvalue weighted by atomic mass is 10.1. The summed E-state index contributed by atoms with van der Waals surface area (Å²) in [5, 5.41) is 6.40. The standard InChI is InChI=1S/C20H25N3O/c1-15(2)11-21-19-9-7-16(8-10-19)13-23-14-18-6-4-3-5-17(18)12-22-20(23)24/h3-10,15,21H,11-14H2,1-2H3,(H,22,24). The molecule has 3 rings (SSSR count). The number of benzene rings is 2. The van der Waals surface area contributed by atoms with Crippen molar-refractivity contribution in [3.8, 4) is 0 Å². The van der Waals surface area contributed by atoms with Crippen LogP contribution in [0.1, 0.15) is 30.5 Å². The molecule has 1 heterocycles. The Balaban J connectivity index is 1.67. The molecule has 0 unspecified atom stereocenters. The molecule has 2 aromatic carbocycles. The van der Waals surface area contributed by atoms with Crippen molar-refractivity contribution < 1.29 is 4.79 Å². The minimum atomic E-state index is -0.00629. The van der Waals surface area contributed by atoms with E-state index in [2.05, 4.69) is 60.9 Å². The van der Waals surface area contributed by atoms with Gasteiger partial charge in [-0.15, -0.1) is 0 Å². The Bertz CT molecular complexity index is 694. The number of hydrogen-bond donors (Lipinski definition) is 2. The van der Waals surface area contributed by atoms with Crippen LogP contribution in [0.15, 0.2) is 48.5 Å². The van der Waals surface area contributed by atoms with Gasteiger partial charge in [-0.25, -0.2) is 4.79 Å². The number of rotatable bonds is 5. The zero-order valence-electron chi connectivity index (χ0n) is 14.4. The van der Waals surface area contributed by atoms with Crippen LogP contribution in [0.3, 0.4) is 0 Å². The summed E-state index contributed by atoms with van der Waals surface area (Å²) in [6.45, 7) is 7.21. The van der Waals surface area contributed by atoms with Gasteiger partial charge in [-0.2, -0.15) is 0 Å². The monoisotopic (exact) mass is 323 g/mol. The average Bonchev–Trinajstić information content (AvgIpc) is 2.74. The second-order valence-corrected chi connectivity index (χ2v) is 6.76. The number of carbonyl (C=O) groups is 1. The molecule has 2 N–H and O–H groups in total. The van der Waals surface area contributed by atoms with Crippen molar-refractivity contribution in [3.05, 3.63) is 65.2 Å². The maximum atomic E-state index is 12.3. The van der Waals surface area contributed by atoms with E-state index in [-0.39, 0.29) is 6.03 Å². The summed E-state index contributed by atoms with van der Waals surface area (Å²) >= 11 is 0. The van der Waals surface area contributed by atoms with Crippen LogP contribution in [0, 0.1) is 5.92 Å². The topological polar surface area (TPSA) is 44.4 Å². The van der Waals surface area contributed by atoms with Crippen LogP contribution in [0.5, 0.6) is 0 Å². The van der Waals surface area contributed by atoms with Gasteiger partial charge >= 0.3 is 6.03 Å². The molecule has 2 aromatic rings. The summed E-state index contributed by atoms with van der Waals surface area (Å²) in [6.07, 6.45) is 0. The van der Waals surface area contributed by atoms with Gasteiger partial charge in [0.15, 0.2) is 0 Å². The largest absolute Gasteiger partial charge is 0.385 e. The van der Waals surface area contributed by atoms with E-state index in [9.17, 15) is 4.79 Å². The molecule has 0 atom stereocenters. The van der Waals surface area contributed by atoms with E-state index in [1.54, 1.807) is 0 Å². The highest BCUT2D eigenvalue weighted by atomic mass is 16.2. The molecule has 4 heteroatoms. The first-order valence-corrected chi connectivity index (χ1v) is 8.54. The predicted octanol–water partition coefficient (Wildman–Crippen LogP) is 3.98. The Hall–Kier alpha value is -2.49. The van der Waals surface area contributed by atoms with Gasteiger partial charge < -0.3 is 15.5 Å². The molecule has 24 heavy (non-hydrogen) atoms. The Morgan fingerprint density at radius 2 is 1.79 bits per heavy atom. The normalized spacial score (nSPS) is 14.1. The molecule has 126 valence electrons. The van der Waals surface area contributed by atoms with Crippen LogP contribution >= 0.6 is 0 Å². The number of carbonyl (C=O) groups excluding carboxylic acids is 1. The lowest BCUT2D eigenvalue weighted by molar-refractivity contribution is 0.194. The van der Waals surface area contributed by atoms with E-state index in [0.717, 1.165) is 17.8 Å². The lowest BCUT2D eigenvalue weighted by Crippen LogP contribution is -2.36. The maximum absolute atomic E-state index is 12.3. The van der Waals surface area contributed by atoms with Gasteiger partial charge in [-0.1, -0.05) is 50.2 Å². The fraction of sp³-hybridized carbons (Fsp3) is 0.350. The Kier molecular flexibility index (Phi) is 5.04. The number of urea groups is 1. The number of amides is 2. The lowest BCUT2D eigenvalue weighted by Gasteiger charge is -2.21. The van der Waals surface area contributed by atoms with Crippen LogP contribution in [0.25, 0.3) is 0 Å². The summed E-state index contributed by atoms with van der Waals surface area (Å²) < 4.78 is 0. The van der Waals surface area contributed by atoms with Gasteiger partial charge in [0.2, 0.25) is 0 Å². The number of hydrogen-bond acceptors (Lipinski definition) is 2. The first kappa shape index (κ1) is 16.4. The van der Waals surface area contributed by atoms with Gasteiger partial charge in [-0.3, -0.25) is 0 Å². The smallest absolute Gasteiger partial charge is 0.318 e. The van der Waals surface area contributed by atoms with Crippen LogP contribution in [0.2, 0.25) is 0 Å². The van der Waals surface area contributed by atoms with Gasteiger partial charge in [0.1, 0.15) is 0 Å². The molecule has 4 nitrogen and oxygen atoms in total. The zero-order valence-corrected chi connectivity index (χ0v) is 14.4. The van der Waals surface area contributed by atoms with Crippen molar-refractivity contribution in [2.24, 2.45) is 5.92 Å². The predicted molar refractivity (Wildman–Crippen MR) is 97.7 cm³/mol. The molecule has 0 saturated carbocycles. The fourth-order valence-electron chi connectivity index (χ4n) is 2.84. The highest BCUT2D eigenvalue weighted by molar-refractivity contribution is 5.75. The van der Waals surface area contributed by atoms with Crippen LogP contribution in [0.4, 0.5) is 10.5 Å². The molecule has 0 spiro atoms. The number of nitrogens with one attached hydrogen (secondary N) is 2. The fourth-order valence-corrected chi connectivity index (χ4v) is 2.84. The summed E-state index contributed by atoms with van der Waals surface area (Å²) in [7, 11) is 0. The van der Waals surface area contributed by atoms with Crippen molar-refractivity contribution in [3.63, 3.8) is 0 Å². The minimum absolute atomic E-state index is 0.00629. The van der Waals surface area contributed by atoms with Crippen molar-refractivity contribution in [1.82, 2.24) is 10.2 Å². The third kappa shape index (κ3) is 4.07. The summed E-state index contributed by atoms with van der Waals surface area (Å²) in [5.74, 6) is 0.616. The molecule has 0 aromatic heterocycles. The molecule has 1 aliphatic heterocycles. The SMILES string of the molecule is CC(C)CNc1ccc(CN2Cc3ccccc3CNC2=O)cc1. The minimum Gasteiger partial charge on any atom is -0.385 e. The Morgan fingerprint density at radius 1 is 1.08 bits per heavy atom. The molecular formula is C20H25N3O. The molecular weight excluding hydrogens is 298 g/mol. The summed E-state index contributed by atoms with van der Waals surface area (Å²) in [5.41, 5.74) is 4.67. The molecule has 0 bridgehead atoms.